The van der Waals surface area contributed by atoms with Crippen molar-refractivity contribution < 1.29 is 17.6 Å². The van der Waals surface area contributed by atoms with Crippen LogP contribution in [0.5, 0.6) is 0 Å². The minimum atomic E-state index is -4.61. The van der Waals surface area contributed by atoms with Gasteiger partial charge in [0.15, 0.2) is 5.65 Å². The standard InChI is InChI=1S/C26H30F4N6O/c1-5-19-15-35(23-12-24(37)33(4)36-13-18(9-10-31)32-25(23)36)20(6-2)14-34(19)16(3)21-8-7-17(11-22(21)27)26(28,29)30/h7-8,11-13,16,19-20H,5-6,9,14-15H2,1-4H3/t16?,19-,20+/m1/s1. The molecule has 1 fully saturated rings. The molecule has 2 aromatic heterocycles. The number of fused-ring (bicyclic) bond motifs is 1. The third-order valence-electron chi connectivity index (χ3n) is 7.40. The number of nitrogens with zero attached hydrogens (tertiary/aromatic N) is 6. The van der Waals surface area contributed by atoms with Gasteiger partial charge >= 0.3 is 6.18 Å². The van der Waals surface area contributed by atoms with E-state index in [1.54, 1.807) is 23.8 Å². The van der Waals surface area contributed by atoms with E-state index in [1.807, 2.05) is 20.8 Å². The highest BCUT2D eigenvalue weighted by Crippen LogP contribution is 2.36. The number of nitriles is 1. The maximum Gasteiger partial charge on any atom is 0.416 e. The summed E-state index contributed by atoms with van der Waals surface area (Å²) in [7, 11) is 1.64. The fourth-order valence-corrected chi connectivity index (χ4v) is 5.26. The molecule has 0 bridgehead atoms. The number of piperazine rings is 1. The normalized spacial score (nSPS) is 19.8. The Balaban J connectivity index is 1.70. The third kappa shape index (κ3) is 4.94. The highest BCUT2D eigenvalue weighted by molar-refractivity contribution is 5.69. The quantitative estimate of drug-likeness (QED) is 0.443. The van der Waals surface area contributed by atoms with E-state index in [4.69, 9.17) is 5.26 Å². The van der Waals surface area contributed by atoms with Crippen LogP contribution in [0.4, 0.5) is 23.2 Å². The second-order valence-corrected chi connectivity index (χ2v) is 9.51. The molecule has 1 saturated heterocycles. The smallest absolute Gasteiger partial charge is 0.362 e. The molecular weight excluding hydrogens is 488 g/mol. The number of alkyl halides is 3. The molecule has 0 aliphatic carbocycles. The molecule has 1 aliphatic heterocycles. The minimum absolute atomic E-state index is 0.0443. The molecule has 0 amide bonds. The van der Waals surface area contributed by atoms with Crippen molar-refractivity contribution >= 4 is 11.3 Å². The zero-order chi connectivity index (χ0) is 27.1. The van der Waals surface area contributed by atoms with Crippen LogP contribution in [-0.4, -0.2) is 44.3 Å². The summed E-state index contributed by atoms with van der Waals surface area (Å²) in [5, 5.41) is 9.12. The van der Waals surface area contributed by atoms with E-state index in [0.717, 1.165) is 18.9 Å². The lowest BCUT2D eigenvalue weighted by Gasteiger charge is -2.49. The number of hydrogen-bond acceptors (Lipinski definition) is 5. The number of aromatic nitrogens is 3. The topological polar surface area (TPSA) is 69.6 Å². The lowest BCUT2D eigenvalue weighted by Crippen LogP contribution is -2.59. The second kappa shape index (κ2) is 10.2. The van der Waals surface area contributed by atoms with Crippen LogP contribution in [0.15, 0.2) is 35.3 Å². The monoisotopic (exact) mass is 518 g/mol. The summed E-state index contributed by atoms with van der Waals surface area (Å²) in [6.07, 6.45) is -1.36. The molecular formula is C26H30F4N6O. The van der Waals surface area contributed by atoms with Crippen molar-refractivity contribution in [2.45, 2.75) is 64.3 Å². The molecule has 4 rings (SSSR count). The van der Waals surface area contributed by atoms with Crippen molar-refractivity contribution in [1.82, 2.24) is 19.1 Å². The summed E-state index contributed by atoms with van der Waals surface area (Å²) < 4.78 is 57.1. The maximum absolute atomic E-state index is 14.9. The number of halogens is 4. The van der Waals surface area contributed by atoms with E-state index in [0.29, 0.717) is 36.2 Å². The van der Waals surface area contributed by atoms with Gasteiger partial charge < -0.3 is 4.90 Å². The first kappa shape index (κ1) is 26.7. The Hall–Kier alpha value is -3.39. The molecule has 0 saturated carbocycles. The van der Waals surface area contributed by atoms with Gasteiger partial charge in [0.05, 0.1) is 35.6 Å². The van der Waals surface area contributed by atoms with Gasteiger partial charge in [-0.05, 0) is 31.9 Å². The van der Waals surface area contributed by atoms with Crippen molar-refractivity contribution in [3.63, 3.8) is 0 Å². The largest absolute Gasteiger partial charge is 0.416 e. The third-order valence-corrected chi connectivity index (χ3v) is 7.40. The van der Waals surface area contributed by atoms with Gasteiger partial charge in [-0.2, -0.15) is 18.4 Å². The van der Waals surface area contributed by atoms with Gasteiger partial charge in [-0.25, -0.2) is 18.6 Å². The molecule has 0 spiro atoms. The van der Waals surface area contributed by atoms with E-state index in [2.05, 4.69) is 20.9 Å². The Morgan fingerprint density at radius 1 is 1.16 bits per heavy atom. The summed E-state index contributed by atoms with van der Waals surface area (Å²) in [4.78, 5) is 21.7. The Labute approximate surface area is 212 Å². The van der Waals surface area contributed by atoms with Crippen LogP contribution in [0, 0.1) is 17.1 Å². The molecule has 0 radical (unpaired) electrons. The summed E-state index contributed by atoms with van der Waals surface area (Å²) >= 11 is 0. The summed E-state index contributed by atoms with van der Waals surface area (Å²) in [5.41, 5.74) is 0.820. The van der Waals surface area contributed by atoms with E-state index < -0.39 is 23.6 Å². The van der Waals surface area contributed by atoms with Gasteiger partial charge in [-0.1, -0.05) is 19.9 Å². The van der Waals surface area contributed by atoms with Crippen LogP contribution >= 0.6 is 0 Å². The number of hydrogen-bond donors (Lipinski definition) is 0. The predicted octanol–water partition coefficient (Wildman–Crippen LogP) is 4.70. The minimum Gasteiger partial charge on any atom is -0.362 e. The van der Waals surface area contributed by atoms with Crippen LogP contribution in [0.2, 0.25) is 0 Å². The second-order valence-electron chi connectivity index (χ2n) is 9.51. The number of benzene rings is 1. The average molecular weight is 519 g/mol. The molecule has 1 unspecified atom stereocenters. The zero-order valence-corrected chi connectivity index (χ0v) is 21.3. The lowest BCUT2D eigenvalue weighted by atomic mass is 9.96. The zero-order valence-electron chi connectivity index (χ0n) is 21.3. The number of imidazole rings is 1. The average Bonchev–Trinajstić information content (AvgIpc) is 3.28. The highest BCUT2D eigenvalue weighted by atomic mass is 19.4. The van der Waals surface area contributed by atoms with Crippen molar-refractivity contribution in [3.05, 3.63) is 63.5 Å². The summed E-state index contributed by atoms with van der Waals surface area (Å²) in [6, 6.07) is 5.83. The fourth-order valence-electron chi connectivity index (χ4n) is 5.26. The summed E-state index contributed by atoms with van der Waals surface area (Å²) in [6.45, 7) is 6.92. The van der Waals surface area contributed by atoms with E-state index in [9.17, 15) is 22.4 Å². The van der Waals surface area contributed by atoms with E-state index in [-0.39, 0.29) is 29.6 Å². The van der Waals surface area contributed by atoms with Crippen molar-refractivity contribution in [2.75, 3.05) is 18.0 Å². The van der Waals surface area contributed by atoms with Gasteiger partial charge in [0.25, 0.3) is 5.56 Å². The predicted molar refractivity (Wildman–Crippen MR) is 132 cm³/mol. The summed E-state index contributed by atoms with van der Waals surface area (Å²) in [5.74, 6) is -0.872. The molecule has 3 atom stereocenters. The van der Waals surface area contributed by atoms with Crippen LogP contribution in [0.1, 0.15) is 56.5 Å². The molecule has 0 N–H and O–H groups in total. The molecule has 37 heavy (non-hydrogen) atoms. The molecule has 1 aromatic carbocycles. The lowest BCUT2D eigenvalue weighted by molar-refractivity contribution is -0.137. The Bertz CT molecular complexity index is 1390. The van der Waals surface area contributed by atoms with Crippen molar-refractivity contribution in [3.8, 4) is 6.07 Å². The van der Waals surface area contributed by atoms with Crippen LogP contribution < -0.4 is 10.5 Å². The number of rotatable bonds is 6. The maximum atomic E-state index is 14.9. The first-order valence-electron chi connectivity index (χ1n) is 12.3. The van der Waals surface area contributed by atoms with Gasteiger partial charge in [0.1, 0.15) is 5.82 Å². The molecule has 7 nitrogen and oxygen atoms in total. The van der Waals surface area contributed by atoms with Gasteiger partial charge in [0.2, 0.25) is 0 Å². The first-order valence-corrected chi connectivity index (χ1v) is 12.3. The van der Waals surface area contributed by atoms with Gasteiger partial charge in [-0.15, -0.1) is 0 Å². The SMILES string of the molecule is CC[C@H]1CN(C(C)c2ccc(C(F)(F)F)cc2F)[C@H](CC)CN1c1cc(=O)n(C)n2cc(CC#N)nc12. The van der Waals surface area contributed by atoms with Crippen molar-refractivity contribution in [1.29, 1.82) is 5.26 Å². The van der Waals surface area contributed by atoms with Gasteiger partial charge in [0, 0.05) is 49.9 Å². The molecule has 11 heteroatoms. The Morgan fingerprint density at radius 3 is 2.46 bits per heavy atom. The van der Waals surface area contributed by atoms with Crippen LogP contribution in [0.25, 0.3) is 5.65 Å². The molecule has 198 valence electrons. The highest BCUT2D eigenvalue weighted by Gasteiger charge is 2.38. The van der Waals surface area contributed by atoms with Crippen LogP contribution in [-0.2, 0) is 19.6 Å². The number of aryl methyl sites for hydroxylation is 1. The van der Waals surface area contributed by atoms with Gasteiger partial charge in [-0.3, -0.25) is 9.69 Å². The molecule has 1 aliphatic rings. The molecule has 3 aromatic rings. The van der Waals surface area contributed by atoms with E-state index >= 15 is 0 Å². The van der Waals surface area contributed by atoms with E-state index in [1.165, 1.54) is 10.7 Å². The first-order chi connectivity index (χ1) is 17.5. The Morgan fingerprint density at radius 2 is 1.86 bits per heavy atom. The number of anilines is 1. The van der Waals surface area contributed by atoms with Crippen molar-refractivity contribution in [2.24, 2.45) is 7.05 Å². The Kier molecular flexibility index (Phi) is 7.33. The molecule has 3 heterocycles. The fraction of sp³-hybridized carbons (Fsp3) is 0.500. The van der Waals surface area contributed by atoms with Crippen LogP contribution in [0.3, 0.4) is 0 Å².